The number of aliphatic imine (C=N–C) groups is 1. The smallest absolute Gasteiger partial charge is 0.119 e. The van der Waals surface area contributed by atoms with Gasteiger partial charge in [-0.05, 0) is 54.7 Å². The van der Waals surface area contributed by atoms with Crippen LogP contribution in [0.2, 0.25) is 0 Å². The standard InChI is InChI=1S/C23H31NO/c1-3-5-7-9-20-10-12-21(13-11-20)19-24-22-14-16-23(17-15-22)25-18-8-6-4-2/h10-17,19H,3-9,18H2,1-2H3. The van der Waals surface area contributed by atoms with Gasteiger partial charge in [0, 0.05) is 6.21 Å². The number of unbranched alkanes of at least 4 members (excludes halogenated alkanes) is 4. The van der Waals surface area contributed by atoms with Crippen LogP contribution < -0.4 is 4.74 Å². The van der Waals surface area contributed by atoms with Gasteiger partial charge in [-0.25, -0.2) is 0 Å². The summed E-state index contributed by atoms with van der Waals surface area (Å²) in [5, 5.41) is 0. The lowest BCUT2D eigenvalue weighted by molar-refractivity contribution is 0.306. The molecule has 0 amide bonds. The van der Waals surface area contributed by atoms with E-state index in [1.165, 1.54) is 44.1 Å². The van der Waals surface area contributed by atoms with E-state index in [0.29, 0.717) is 0 Å². The van der Waals surface area contributed by atoms with Crippen LogP contribution in [0.5, 0.6) is 5.75 Å². The Hall–Kier alpha value is -2.09. The maximum Gasteiger partial charge on any atom is 0.119 e. The molecule has 0 aliphatic carbocycles. The largest absolute Gasteiger partial charge is 0.494 e. The third kappa shape index (κ3) is 7.55. The van der Waals surface area contributed by atoms with Crippen molar-refractivity contribution in [2.45, 2.75) is 58.8 Å². The lowest BCUT2D eigenvalue weighted by Crippen LogP contribution is -1.96. The lowest BCUT2D eigenvalue weighted by Gasteiger charge is -2.05. The Labute approximate surface area is 153 Å². The molecule has 2 heteroatoms. The second kappa shape index (κ2) is 11.5. The highest BCUT2D eigenvalue weighted by molar-refractivity contribution is 5.81. The van der Waals surface area contributed by atoms with Gasteiger partial charge in [0.1, 0.15) is 5.75 Å². The maximum atomic E-state index is 5.73. The second-order valence-corrected chi connectivity index (χ2v) is 6.51. The molecule has 2 nitrogen and oxygen atoms in total. The van der Waals surface area contributed by atoms with Crippen molar-refractivity contribution in [3.63, 3.8) is 0 Å². The minimum atomic E-state index is 0.793. The Kier molecular flexibility index (Phi) is 8.82. The summed E-state index contributed by atoms with van der Waals surface area (Å²) in [4.78, 5) is 4.55. The van der Waals surface area contributed by atoms with Gasteiger partial charge in [-0.3, -0.25) is 4.99 Å². The van der Waals surface area contributed by atoms with Crippen molar-refractivity contribution in [3.8, 4) is 5.75 Å². The molecule has 25 heavy (non-hydrogen) atoms. The van der Waals surface area contributed by atoms with Crippen molar-refractivity contribution >= 4 is 11.9 Å². The number of benzene rings is 2. The molecular formula is C23H31NO. The van der Waals surface area contributed by atoms with Gasteiger partial charge in [0.2, 0.25) is 0 Å². The molecule has 0 aromatic heterocycles. The molecule has 2 rings (SSSR count). The second-order valence-electron chi connectivity index (χ2n) is 6.51. The molecule has 0 radical (unpaired) electrons. The van der Waals surface area contributed by atoms with Gasteiger partial charge >= 0.3 is 0 Å². The van der Waals surface area contributed by atoms with Crippen molar-refractivity contribution in [1.29, 1.82) is 0 Å². The lowest BCUT2D eigenvalue weighted by atomic mass is 10.1. The minimum absolute atomic E-state index is 0.793. The fourth-order valence-corrected chi connectivity index (χ4v) is 2.67. The Morgan fingerprint density at radius 3 is 2.16 bits per heavy atom. The van der Waals surface area contributed by atoms with Gasteiger partial charge in [0.05, 0.1) is 12.3 Å². The van der Waals surface area contributed by atoms with E-state index in [1.54, 1.807) is 0 Å². The van der Waals surface area contributed by atoms with Gasteiger partial charge in [0.15, 0.2) is 0 Å². The Morgan fingerprint density at radius 1 is 0.800 bits per heavy atom. The number of hydrogen-bond donors (Lipinski definition) is 0. The summed E-state index contributed by atoms with van der Waals surface area (Å²) >= 11 is 0. The zero-order chi connectivity index (χ0) is 17.7. The molecule has 0 unspecified atom stereocenters. The average molecular weight is 338 g/mol. The Balaban J connectivity index is 1.82. The van der Waals surface area contributed by atoms with E-state index in [0.717, 1.165) is 30.0 Å². The quantitative estimate of drug-likeness (QED) is 0.329. The first-order chi connectivity index (χ1) is 12.3. The van der Waals surface area contributed by atoms with Crippen LogP contribution in [0.1, 0.15) is 63.5 Å². The van der Waals surface area contributed by atoms with E-state index >= 15 is 0 Å². The molecular weight excluding hydrogens is 306 g/mol. The van der Waals surface area contributed by atoms with E-state index in [2.05, 4.69) is 43.1 Å². The van der Waals surface area contributed by atoms with Gasteiger partial charge in [-0.1, -0.05) is 63.8 Å². The summed E-state index contributed by atoms with van der Waals surface area (Å²) in [6, 6.07) is 16.7. The number of hydrogen-bond acceptors (Lipinski definition) is 2. The van der Waals surface area contributed by atoms with Crippen LogP contribution in [-0.4, -0.2) is 12.8 Å². The molecule has 0 atom stereocenters. The highest BCUT2D eigenvalue weighted by atomic mass is 16.5. The van der Waals surface area contributed by atoms with E-state index in [9.17, 15) is 0 Å². The van der Waals surface area contributed by atoms with Crippen LogP contribution in [0.3, 0.4) is 0 Å². The van der Waals surface area contributed by atoms with Crippen molar-refractivity contribution in [2.75, 3.05) is 6.61 Å². The van der Waals surface area contributed by atoms with Crippen molar-refractivity contribution < 1.29 is 4.74 Å². The molecule has 0 saturated carbocycles. The van der Waals surface area contributed by atoms with Crippen LogP contribution in [0, 0.1) is 0 Å². The highest BCUT2D eigenvalue weighted by Crippen LogP contribution is 2.18. The zero-order valence-corrected chi connectivity index (χ0v) is 15.7. The van der Waals surface area contributed by atoms with E-state index < -0.39 is 0 Å². The monoisotopic (exact) mass is 337 g/mol. The van der Waals surface area contributed by atoms with Gasteiger partial charge in [-0.2, -0.15) is 0 Å². The first kappa shape index (κ1) is 19.2. The summed E-state index contributed by atoms with van der Waals surface area (Å²) in [5.41, 5.74) is 3.50. The molecule has 2 aromatic carbocycles. The van der Waals surface area contributed by atoms with Crippen molar-refractivity contribution in [2.24, 2.45) is 4.99 Å². The SMILES string of the molecule is CCCCCOc1ccc(N=Cc2ccc(CCCCC)cc2)cc1. The molecule has 2 aromatic rings. The Morgan fingerprint density at radius 2 is 1.48 bits per heavy atom. The molecule has 0 aliphatic heterocycles. The average Bonchev–Trinajstić information content (AvgIpc) is 2.66. The normalized spacial score (nSPS) is 11.1. The summed E-state index contributed by atoms with van der Waals surface area (Å²) in [7, 11) is 0. The predicted octanol–water partition coefficient (Wildman–Crippen LogP) is 6.74. The fraction of sp³-hybridized carbons (Fsp3) is 0.435. The molecule has 0 saturated heterocycles. The zero-order valence-electron chi connectivity index (χ0n) is 15.7. The van der Waals surface area contributed by atoms with Crippen LogP contribution in [0.25, 0.3) is 0 Å². The maximum absolute atomic E-state index is 5.73. The number of rotatable bonds is 11. The van der Waals surface area contributed by atoms with Gasteiger partial charge < -0.3 is 4.74 Å². The highest BCUT2D eigenvalue weighted by Gasteiger charge is 1.96. The molecule has 0 bridgehead atoms. The topological polar surface area (TPSA) is 21.6 Å². The van der Waals surface area contributed by atoms with Crippen LogP contribution in [-0.2, 0) is 6.42 Å². The molecule has 0 aliphatic rings. The summed E-state index contributed by atoms with van der Waals surface area (Å²) in [6.45, 7) is 5.23. The van der Waals surface area contributed by atoms with Crippen molar-refractivity contribution in [1.82, 2.24) is 0 Å². The van der Waals surface area contributed by atoms with E-state index in [1.807, 2.05) is 30.5 Å². The van der Waals surface area contributed by atoms with Gasteiger partial charge in [0.25, 0.3) is 0 Å². The Bertz CT molecular complexity index is 614. The van der Waals surface area contributed by atoms with Crippen LogP contribution >= 0.6 is 0 Å². The molecule has 0 N–H and O–H groups in total. The van der Waals surface area contributed by atoms with Crippen LogP contribution in [0.15, 0.2) is 53.5 Å². The van der Waals surface area contributed by atoms with E-state index in [-0.39, 0.29) is 0 Å². The first-order valence-electron chi connectivity index (χ1n) is 9.67. The van der Waals surface area contributed by atoms with Crippen LogP contribution in [0.4, 0.5) is 5.69 Å². The summed E-state index contributed by atoms with van der Waals surface area (Å²) < 4.78 is 5.73. The molecule has 0 fully saturated rings. The molecule has 134 valence electrons. The van der Waals surface area contributed by atoms with Gasteiger partial charge in [-0.15, -0.1) is 0 Å². The van der Waals surface area contributed by atoms with Crippen molar-refractivity contribution in [3.05, 3.63) is 59.7 Å². The predicted molar refractivity (Wildman–Crippen MR) is 108 cm³/mol. The third-order valence-corrected chi connectivity index (χ3v) is 4.26. The number of nitrogens with zero attached hydrogens (tertiary/aromatic N) is 1. The number of ether oxygens (including phenoxy) is 1. The van der Waals surface area contributed by atoms with E-state index in [4.69, 9.17) is 4.74 Å². The third-order valence-electron chi connectivity index (χ3n) is 4.26. The summed E-state index contributed by atoms with van der Waals surface area (Å²) in [6.07, 6.45) is 10.5. The number of aryl methyl sites for hydroxylation is 1. The molecule has 0 heterocycles. The summed E-state index contributed by atoms with van der Waals surface area (Å²) in [5.74, 6) is 0.923. The fourth-order valence-electron chi connectivity index (χ4n) is 2.67. The minimum Gasteiger partial charge on any atom is -0.494 e. The first-order valence-corrected chi connectivity index (χ1v) is 9.67. The molecule has 0 spiro atoms.